The molecule has 15 heteroatoms. The quantitative estimate of drug-likeness (QED) is 0.128. The molecule has 0 radical (unpaired) electrons. The van der Waals surface area contributed by atoms with Crippen molar-refractivity contribution in [3.05, 3.63) is 0 Å². The van der Waals surface area contributed by atoms with Crippen molar-refractivity contribution in [3.8, 4) is 0 Å². The number of rotatable bonds is 14. The summed E-state index contributed by atoms with van der Waals surface area (Å²) in [7, 11) is 2.79. The van der Waals surface area contributed by atoms with E-state index < -0.39 is 85.5 Å². The van der Waals surface area contributed by atoms with Crippen molar-refractivity contribution in [1.82, 2.24) is 9.80 Å². The number of aliphatic hydroxyl groups excluding tert-OH is 1. The number of amides is 2. The summed E-state index contributed by atoms with van der Waals surface area (Å²) >= 11 is 0. The maximum Gasteiger partial charge on any atom is 0.410 e. The number of nitrogens with zero attached hydrogens (tertiary/aromatic N) is 2. The number of aliphatic hydroxyl groups is 1. The third-order valence-electron chi connectivity index (χ3n) is 5.56. The van der Waals surface area contributed by atoms with Gasteiger partial charge in [-0.1, -0.05) is 27.7 Å². The van der Waals surface area contributed by atoms with E-state index in [1.165, 1.54) is 14.1 Å². The van der Waals surface area contributed by atoms with Crippen molar-refractivity contribution in [2.24, 2.45) is 11.8 Å². The summed E-state index contributed by atoms with van der Waals surface area (Å²) in [5, 5.41) is 17.7. The second-order valence-corrected chi connectivity index (χ2v) is 13.3. The summed E-state index contributed by atoms with van der Waals surface area (Å²) in [4.78, 5) is 61.5. The van der Waals surface area contributed by atoms with Crippen LogP contribution in [0.25, 0.3) is 0 Å². The Morgan fingerprint density at radius 2 is 1.09 bits per heavy atom. The molecule has 0 aliphatic carbocycles. The number of esters is 2. The number of likely N-dealkylation sites (N-methyl/N-ethyl adjacent to an activating group) is 2. The average Bonchev–Trinajstić information content (AvgIpc) is 2.16. The van der Waals surface area contributed by atoms with E-state index in [9.17, 15) is 32.8 Å². The van der Waals surface area contributed by atoms with Crippen LogP contribution in [0.1, 0.15) is 156 Å². The maximum atomic E-state index is 12.6. The van der Waals surface area contributed by atoms with Gasteiger partial charge in [-0.15, -0.1) is 0 Å². The van der Waals surface area contributed by atoms with Gasteiger partial charge < -0.3 is 29.2 Å². The van der Waals surface area contributed by atoms with Crippen molar-refractivity contribution in [2.45, 2.75) is 118 Å². The molecule has 0 aliphatic rings. The molecular formula is C30H104F2N2O11. The van der Waals surface area contributed by atoms with Crippen molar-refractivity contribution < 1.29 is 136 Å². The van der Waals surface area contributed by atoms with Crippen molar-refractivity contribution in [2.75, 3.05) is 34.1 Å². The third kappa shape index (κ3) is 19.0. The Hall–Kier alpha value is -3.23. The normalized spacial score (nSPS) is 18.7. The number of carbonyl (C=O) groups excluding carboxylic acids is 4. The van der Waals surface area contributed by atoms with Crippen LogP contribution in [0.15, 0.2) is 0 Å². The number of hydrogen-bond acceptors (Lipinski definition) is 10. The van der Waals surface area contributed by atoms with Crippen LogP contribution in [0, 0.1) is 11.8 Å². The number of halogens is 2. The van der Waals surface area contributed by atoms with Gasteiger partial charge in [-0.05, 0) is 66.2 Å². The van der Waals surface area contributed by atoms with Crippen LogP contribution in [0.2, 0.25) is 0 Å². The molecule has 0 unspecified atom stereocenters. The molecule has 0 saturated carbocycles. The Morgan fingerprint density at radius 1 is 0.733 bits per heavy atom. The monoisotopic (exact) mass is 757 g/mol. The molecule has 0 rings (SSSR count). The Morgan fingerprint density at radius 3 is 1.33 bits per heavy atom. The molecule has 0 saturated heterocycles. The Balaban J connectivity index is -0.0000000234. The molecular weight excluding hydrogens is 602 g/mol. The van der Waals surface area contributed by atoms with E-state index in [2.05, 4.69) is 4.74 Å². The smallest absolute Gasteiger partial charge is 0.410 e. The van der Waals surface area contributed by atoms with Crippen LogP contribution in [0.3, 0.4) is 0 Å². The Labute approximate surface area is 342 Å². The standard InChI is InChI=1S/C15H26FNO6.C15H28FNO5.25H2/c1-9(2)7-10(13(20)22-11(8-16)12(18)19)17(6)14(21)23-15(3,4)5;1-10(2)7-12(13(19)21-11(8-16)9-18)17(6)14(20)22-15(3,4)5;;;;;;;;;;;;;;;;;;;;;;;;;/h9-11H,7-8H2,1-6H3,(H,18,19);10-12,18H,7-9H2,1-6H3;25*1H/t10-,11+;11-,12+;;;;;;;;;;;;;;;;;;;;;;;;;/m01........................./s1/i;;25*1+1D. The van der Waals surface area contributed by atoms with Gasteiger partial charge >= 0.3 is 30.1 Å². The lowest BCUT2D eigenvalue weighted by atomic mass is 10.0. The van der Waals surface area contributed by atoms with E-state index in [0.717, 1.165) is 9.80 Å². The molecule has 0 heterocycles. The zero-order valence-electron chi connectivity index (χ0n) is 78.7. The number of alkyl halides is 2. The van der Waals surface area contributed by atoms with Gasteiger partial charge in [-0.3, -0.25) is 9.80 Å². The van der Waals surface area contributed by atoms with Gasteiger partial charge in [0.25, 0.3) is 0 Å². The molecule has 0 spiro atoms. The van der Waals surface area contributed by atoms with Crippen LogP contribution in [0.5, 0.6) is 0 Å². The fourth-order valence-corrected chi connectivity index (χ4v) is 3.37. The Bertz CT molecular complexity index is 1040. The van der Waals surface area contributed by atoms with Gasteiger partial charge in [0, 0.05) is 88.3 Å². The summed E-state index contributed by atoms with van der Waals surface area (Å²) < 4.78 is 295. The van der Waals surface area contributed by atoms with E-state index in [1.807, 2.05) is 27.7 Å². The van der Waals surface area contributed by atoms with Crippen LogP contribution < -0.4 is 0 Å². The van der Waals surface area contributed by atoms with Crippen molar-refractivity contribution >= 4 is 30.1 Å². The van der Waals surface area contributed by atoms with E-state index in [0.29, 0.717) is 6.42 Å². The SMILES string of the molecule is CC(C)C[C@@H](C(=O)O[C@@H](CO)CF)N(C)C(=O)OC(C)(C)C.CC(C)C[C@@H](C(=O)O[C@H](CF)C(=O)O)N(C)C(=O)OC(C)(C)C.[2H][2H].[2H][2H].[2H][2H].[2H][2H].[2H][2H].[2H][2H].[2H][2H].[2H][2H].[2H][2H].[2H][2H].[2H][2H].[2H][2H].[2H][2H].[2H][2H].[2H][2H].[2H][2H].[2H][2H].[2H][2H].[2H][2H].[2H][2H].[2H][2H].[2H][2H].[2H][2H].[2H][2H].[2H][2H]. The van der Waals surface area contributed by atoms with E-state index in [1.54, 1.807) is 41.5 Å². The number of ether oxygens (including phenoxy) is 4. The molecule has 45 heavy (non-hydrogen) atoms. The minimum atomic E-state index is -1.89. The summed E-state index contributed by atoms with van der Waals surface area (Å²) in [6.07, 6.45) is -3.92. The van der Waals surface area contributed by atoms with Crippen molar-refractivity contribution in [3.63, 3.8) is 0 Å². The first-order chi connectivity index (χ1) is 45.4. The first kappa shape index (κ1) is 16.6. The average molecular weight is 757 g/mol. The summed E-state index contributed by atoms with van der Waals surface area (Å²) in [5.41, 5.74) is -1.44. The molecule has 4 atom stereocenters. The molecule has 0 bridgehead atoms. The number of carbonyl (C=O) groups is 5. The maximum absolute atomic E-state index is 12.6. The number of aliphatic carboxylic acids is 1. The van der Waals surface area contributed by atoms with Crippen LogP contribution in [-0.4, -0.2) is 120 Å². The van der Waals surface area contributed by atoms with Gasteiger partial charge in [-0.25, -0.2) is 32.8 Å². The van der Waals surface area contributed by atoms with E-state index in [-0.39, 0.29) is 18.3 Å². The zero-order valence-corrected chi connectivity index (χ0v) is 28.7. The second-order valence-electron chi connectivity index (χ2n) is 13.3. The fraction of sp³-hybridized carbons (Fsp3) is 0.833. The topological polar surface area (TPSA) is 169 Å². The lowest BCUT2D eigenvalue weighted by molar-refractivity contribution is -0.168. The first-order valence-electron chi connectivity index (χ1n) is 39.7. The highest BCUT2D eigenvalue weighted by molar-refractivity contribution is 5.84. The zero-order chi connectivity index (χ0) is 85.9. The first-order valence-corrected chi connectivity index (χ1v) is 14.7. The summed E-state index contributed by atoms with van der Waals surface area (Å²) in [6, 6.07) is -1.95. The fourth-order valence-electron chi connectivity index (χ4n) is 3.37. The highest BCUT2D eigenvalue weighted by Crippen LogP contribution is 2.18. The summed E-state index contributed by atoms with van der Waals surface area (Å²) in [5.74, 6) is -3.17. The molecule has 0 aromatic rings. The molecule has 0 fully saturated rings. The minimum Gasteiger partial charge on any atom is -0.478 e. The highest BCUT2D eigenvalue weighted by atomic mass is 19.1. The third-order valence-corrected chi connectivity index (χ3v) is 5.56. The van der Waals surface area contributed by atoms with Gasteiger partial charge in [-0.2, -0.15) is 0 Å². The van der Waals surface area contributed by atoms with Gasteiger partial charge in [0.1, 0.15) is 36.6 Å². The van der Waals surface area contributed by atoms with Gasteiger partial charge in [0.15, 0.2) is 6.10 Å². The van der Waals surface area contributed by atoms with Gasteiger partial charge in [0.2, 0.25) is 6.10 Å². The molecule has 0 aliphatic heterocycles. The molecule has 314 valence electrons. The molecule has 13 nitrogen and oxygen atoms in total. The number of carboxylic acid groups (broad SMARTS) is 1. The molecule has 0 aromatic carbocycles. The highest BCUT2D eigenvalue weighted by Gasteiger charge is 2.35. The van der Waals surface area contributed by atoms with Crippen LogP contribution >= 0.6 is 0 Å². The van der Waals surface area contributed by atoms with E-state index >= 15 is 0 Å². The minimum absolute atomic E-state index is 0.0195. The van der Waals surface area contributed by atoms with Gasteiger partial charge in [0.05, 0.1) is 6.61 Å². The number of hydrogen-bond donors (Lipinski definition) is 2. The Kier molecular flexibility index (Phi) is 7.36. The summed E-state index contributed by atoms with van der Waals surface area (Å²) in [6.45, 7) is 14.7. The van der Waals surface area contributed by atoms with E-state index in [4.69, 9.17) is 98.7 Å². The van der Waals surface area contributed by atoms with Crippen LogP contribution in [-0.2, 0) is 33.3 Å². The predicted molar refractivity (Wildman–Crippen MR) is 214 cm³/mol. The lowest BCUT2D eigenvalue weighted by Crippen LogP contribution is -2.47. The number of carboxylic acids is 1. The van der Waals surface area contributed by atoms with Crippen molar-refractivity contribution in [1.29, 1.82) is 0 Å². The second kappa shape index (κ2) is 20.0. The molecule has 0 aromatic heterocycles. The lowest BCUT2D eigenvalue weighted by Gasteiger charge is -2.31. The van der Waals surface area contributed by atoms with Crippen LogP contribution in [0.4, 0.5) is 18.4 Å². The molecule has 2 N–H and O–H groups in total. The predicted octanol–water partition coefficient (Wildman–Crippen LogP) is 10.5. The molecule has 2 amide bonds. The largest absolute Gasteiger partial charge is 0.478 e.